The van der Waals surface area contributed by atoms with Crippen LogP contribution in [0.25, 0.3) is 0 Å². The fourth-order valence-electron chi connectivity index (χ4n) is 8.91. The highest BCUT2D eigenvalue weighted by Crippen LogP contribution is 2.68. The Morgan fingerprint density at radius 1 is 1.06 bits per heavy atom. The van der Waals surface area contributed by atoms with Crippen molar-refractivity contribution in [1.82, 2.24) is 0 Å². The molecule has 0 bridgehead atoms. The maximum atomic E-state index is 11.9. The molecular formula is C26H44O5. The highest BCUT2D eigenvalue weighted by molar-refractivity contribution is 5.69. The molecule has 4 aliphatic rings. The van der Waals surface area contributed by atoms with E-state index in [1.165, 1.54) is 0 Å². The maximum absolute atomic E-state index is 11.9. The second-order valence-corrected chi connectivity index (χ2v) is 11.8. The number of carbonyl (C=O) groups is 1. The van der Waals surface area contributed by atoms with Crippen LogP contribution in [0.2, 0.25) is 0 Å². The largest absolute Gasteiger partial charge is 0.466 e. The Kier molecular flexibility index (Phi) is 6.53. The average molecular weight is 437 g/mol. The van der Waals surface area contributed by atoms with Crippen LogP contribution in [0.1, 0.15) is 85.5 Å². The number of rotatable bonds is 5. The predicted octanol–water partition coefficient (Wildman–Crippen LogP) is 3.93. The molecule has 4 rings (SSSR count). The van der Waals surface area contributed by atoms with E-state index in [0.717, 1.165) is 51.4 Å². The van der Waals surface area contributed by atoms with E-state index < -0.39 is 0 Å². The Labute approximate surface area is 187 Å². The van der Waals surface area contributed by atoms with Gasteiger partial charge in [-0.25, -0.2) is 0 Å². The molecule has 0 aromatic heterocycles. The van der Waals surface area contributed by atoms with Crippen LogP contribution < -0.4 is 0 Å². The molecule has 0 spiro atoms. The number of fused-ring (bicyclic) bond motifs is 5. The topological polar surface area (TPSA) is 87.0 Å². The molecule has 0 aromatic rings. The summed E-state index contributed by atoms with van der Waals surface area (Å²) in [6.45, 7) is 9.13. The van der Waals surface area contributed by atoms with E-state index in [1.807, 2.05) is 6.92 Å². The van der Waals surface area contributed by atoms with Gasteiger partial charge in [0.1, 0.15) is 0 Å². The molecule has 0 unspecified atom stereocenters. The highest BCUT2D eigenvalue weighted by Gasteiger charge is 2.65. The Morgan fingerprint density at radius 2 is 1.81 bits per heavy atom. The minimum atomic E-state index is -0.370. The van der Waals surface area contributed by atoms with Gasteiger partial charge < -0.3 is 20.1 Å². The molecule has 0 radical (unpaired) electrons. The second-order valence-electron chi connectivity index (χ2n) is 11.8. The molecule has 3 N–H and O–H groups in total. The first-order chi connectivity index (χ1) is 14.6. The first-order valence-electron chi connectivity index (χ1n) is 12.8. The van der Waals surface area contributed by atoms with Crippen molar-refractivity contribution in [2.24, 2.45) is 46.3 Å². The smallest absolute Gasteiger partial charge is 0.305 e. The van der Waals surface area contributed by atoms with Gasteiger partial charge >= 0.3 is 5.97 Å². The van der Waals surface area contributed by atoms with Crippen LogP contribution in [-0.2, 0) is 9.53 Å². The summed E-state index contributed by atoms with van der Waals surface area (Å²) in [6.07, 6.45) is 6.62. The van der Waals surface area contributed by atoms with Gasteiger partial charge in [0.25, 0.3) is 0 Å². The molecule has 31 heavy (non-hydrogen) atoms. The van der Waals surface area contributed by atoms with E-state index in [0.29, 0.717) is 42.6 Å². The summed E-state index contributed by atoms with van der Waals surface area (Å²) in [4.78, 5) is 11.9. The molecule has 0 saturated heterocycles. The lowest BCUT2D eigenvalue weighted by molar-refractivity contribution is -0.207. The molecule has 5 nitrogen and oxygen atoms in total. The summed E-state index contributed by atoms with van der Waals surface area (Å²) < 4.78 is 5.12. The number of aliphatic hydroxyl groups excluding tert-OH is 3. The molecule has 4 aliphatic carbocycles. The number of carbonyl (C=O) groups excluding carboxylic acids is 1. The third-order valence-electron chi connectivity index (χ3n) is 10.6. The Morgan fingerprint density at radius 3 is 2.52 bits per heavy atom. The van der Waals surface area contributed by atoms with Crippen LogP contribution in [0.3, 0.4) is 0 Å². The van der Waals surface area contributed by atoms with Gasteiger partial charge in [-0.15, -0.1) is 0 Å². The van der Waals surface area contributed by atoms with Crippen LogP contribution in [0.5, 0.6) is 0 Å². The summed E-state index contributed by atoms with van der Waals surface area (Å²) in [5.41, 5.74) is -0.0906. The van der Waals surface area contributed by atoms with Gasteiger partial charge in [0.15, 0.2) is 0 Å². The van der Waals surface area contributed by atoms with E-state index in [1.54, 1.807) is 0 Å². The zero-order chi connectivity index (χ0) is 22.6. The van der Waals surface area contributed by atoms with Crippen molar-refractivity contribution in [1.29, 1.82) is 0 Å². The van der Waals surface area contributed by atoms with Crippen LogP contribution in [0, 0.1) is 46.3 Å². The van der Waals surface area contributed by atoms with Crippen molar-refractivity contribution in [2.45, 2.75) is 104 Å². The summed E-state index contributed by atoms with van der Waals surface area (Å²) in [5, 5.41) is 33.1. The van der Waals surface area contributed by atoms with Crippen molar-refractivity contribution < 1.29 is 24.9 Å². The molecule has 0 aromatic carbocycles. The van der Waals surface area contributed by atoms with E-state index >= 15 is 0 Å². The summed E-state index contributed by atoms with van der Waals surface area (Å²) in [7, 11) is 0. The first kappa shape index (κ1) is 23.5. The van der Waals surface area contributed by atoms with Gasteiger partial charge in [-0.1, -0.05) is 20.8 Å². The van der Waals surface area contributed by atoms with Crippen molar-refractivity contribution in [2.75, 3.05) is 6.61 Å². The molecule has 4 saturated carbocycles. The minimum absolute atomic E-state index is 0.110. The van der Waals surface area contributed by atoms with Gasteiger partial charge in [0.2, 0.25) is 0 Å². The normalized spacial score (nSPS) is 50.2. The summed E-state index contributed by atoms with van der Waals surface area (Å²) in [6, 6.07) is 0. The van der Waals surface area contributed by atoms with Crippen LogP contribution in [0.15, 0.2) is 0 Å². The summed E-state index contributed by atoms with van der Waals surface area (Å²) in [5.74, 6) is 1.84. The molecule has 4 fully saturated rings. The van der Waals surface area contributed by atoms with E-state index in [-0.39, 0.29) is 41.0 Å². The van der Waals surface area contributed by atoms with E-state index in [9.17, 15) is 20.1 Å². The monoisotopic (exact) mass is 436 g/mol. The minimum Gasteiger partial charge on any atom is -0.466 e. The SMILES string of the molecule is CCOC(=O)CC[C@@H](C)[C@H]1CC[C@H]2[C@@H]3[C@H](O)C[C@H]4C[C@@H](O)CC[C@]4(C)[C@H]3C[C@H](O)[C@]12C. The van der Waals surface area contributed by atoms with Crippen molar-refractivity contribution >= 4 is 5.97 Å². The maximum Gasteiger partial charge on any atom is 0.305 e. The number of ether oxygens (including phenoxy) is 1. The Balaban J connectivity index is 1.54. The van der Waals surface area contributed by atoms with Crippen LogP contribution >= 0.6 is 0 Å². The zero-order valence-corrected chi connectivity index (χ0v) is 19.9. The quantitative estimate of drug-likeness (QED) is 0.569. The third kappa shape index (κ3) is 3.77. The number of aliphatic hydroxyl groups is 3. The molecule has 0 heterocycles. The second kappa shape index (κ2) is 8.61. The van der Waals surface area contributed by atoms with Crippen molar-refractivity contribution in [3.63, 3.8) is 0 Å². The average Bonchev–Trinajstić information content (AvgIpc) is 3.07. The molecule has 0 amide bonds. The van der Waals surface area contributed by atoms with Gasteiger partial charge in [0.05, 0.1) is 24.9 Å². The third-order valence-corrected chi connectivity index (χ3v) is 10.6. The highest BCUT2D eigenvalue weighted by atomic mass is 16.5. The van der Waals surface area contributed by atoms with Crippen LogP contribution in [-0.4, -0.2) is 46.2 Å². The van der Waals surface area contributed by atoms with Gasteiger partial charge in [0, 0.05) is 6.42 Å². The van der Waals surface area contributed by atoms with Crippen molar-refractivity contribution in [3.05, 3.63) is 0 Å². The van der Waals surface area contributed by atoms with Crippen LogP contribution in [0.4, 0.5) is 0 Å². The number of hydrogen-bond donors (Lipinski definition) is 3. The molecule has 178 valence electrons. The number of hydrogen-bond acceptors (Lipinski definition) is 5. The lowest BCUT2D eigenvalue weighted by Crippen LogP contribution is -2.62. The first-order valence-corrected chi connectivity index (χ1v) is 12.8. The standard InChI is InChI=1S/C26H44O5/c1-5-31-23(30)9-6-15(2)18-7-8-19-24-20(14-22(29)26(18,19)4)25(3)11-10-17(27)12-16(25)13-21(24)28/h15-22,24,27-29H,5-14H2,1-4H3/t15-,16-,17+,18-,19+,20+,21-,22+,24+,25+,26-/m1/s1. The van der Waals surface area contributed by atoms with E-state index in [2.05, 4.69) is 20.8 Å². The predicted molar refractivity (Wildman–Crippen MR) is 119 cm³/mol. The number of esters is 1. The summed E-state index contributed by atoms with van der Waals surface area (Å²) >= 11 is 0. The van der Waals surface area contributed by atoms with Gasteiger partial charge in [-0.2, -0.15) is 0 Å². The molecule has 11 atom stereocenters. The Hall–Kier alpha value is -0.650. The van der Waals surface area contributed by atoms with Crippen molar-refractivity contribution in [3.8, 4) is 0 Å². The lowest BCUT2D eigenvalue weighted by atomic mass is 9.43. The fraction of sp³-hybridized carbons (Fsp3) is 0.962. The molecule has 0 aliphatic heterocycles. The lowest BCUT2D eigenvalue weighted by Gasteiger charge is -2.63. The van der Waals surface area contributed by atoms with E-state index in [4.69, 9.17) is 4.74 Å². The fourth-order valence-corrected chi connectivity index (χ4v) is 8.91. The zero-order valence-electron chi connectivity index (χ0n) is 19.9. The van der Waals surface area contributed by atoms with Gasteiger partial charge in [-0.05, 0) is 105 Å². The molecular weight excluding hydrogens is 392 g/mol. The van der Waals surface area contributed by atoms with Gasteiger partial charge in [-0.3, -0.25) is 4.79 Å². The molecule has 5 heteroatoms. The Bertz CT molecular complexity index is 666.